The van der Waals surface area contributed by atoms with E-state index in [1.807, 2.05) is 24.3 Å². The second kappa shape index (κ2) is 4.22. The van der Waals surface area contributed by atoms with E-state index >= 15 is 0 Å². The van der Waals surface area contributed by atoms with Gasteiger partial charge in [-0.2, -0.15) is 0 Å². The molecule has 0 saturated carbocycles. The molecule has 0 spiro atoms. The van der Waals surface area contributed by atoms with Crippen molar-refractivity contribution in [2.75, 3.05) is 18.1 Å². The van der Waals surface area contributed by atoms with Crippen LogP contribution in [0.2, 0.25) is 0 Å². The molecule has 0 unspecified atom stereocenters. The minimum absolute atomic E-state index is 0.244. The quantitative estimate of drug-likeness (QED) is 0.811. The average molecular weight is 245 g/mol. The van der Waals surface area contributed by atoms with Crippen LogP contribution in [-0.2, 0) is 4.74 Å². The Morgan fingerprint density at radius 3 is 2.71 bits per heavy atom. The van der Waals surface area contributed by atoms with Crippen molar-refractivity contribution in [3.05, 3.63) is 41.8 Å². The van der Waals surface area contributed by atoms with Crippen molar-refractivity contribution in [2.45, 2.75) is 0 Å². The number of ether oxygens (including phenoxy) is 1. The largest absolute Gasteiger partial charge is 0.447 e. The molecular weight excluding hydrogens is 234 g/mol. The molecule has 4 heteroatoms. The summed E-state index contributed by atoms with van der Waals surface area (Å²) in [6.45, 7) is 1.13. The molecule has 1 aliphatic rings. The summed E-state index contributed by atoms with van der Waals surface area (Å²) < 4.78 is 4.93. The van der Waals surface area contributed by atoms with Crippen molar-refractivity contribution in [2.24, 2.45) is 0 Å². The fraction of sp³-hybridized carbons (Fsp3) is 0.154. The molecule has 1 amide bonds. The second-order valence-corrected chi connectivity index (χ2v) is 4.70. The van der Waals surface area contributed by atoms with Crippen molar-refractivity contribution in [1.82, 2.24) is 0 Å². The number of anilines is 1. The maximum atomic E-state index is 11.4. The van der Waals surface area contributed by atoms with Gasteiger partial charge in [0.25, 0.3) is 0 Å². The fourth-order valence-corrected chi connectivity index (χ4v) is 2.78. The first-order chi connectivity index (χ1) is 8.34. The van der Waals surface area contributed by atoms with Crippen LogP contribution in [0.3, 0.4) is 0 Å². The average Bonchev–Trinajstić information content (AvgIpc) is 2.98. The van der Waals surface area contributed by atoms with Gasteiger partial charge in [0.2, 0.25) is 0 Å². The van der Waals surface area contributed by atoms with Gasteiger partial charge in [-0.15, -0.1) is 11.3 Å². The topological polar surface area (TPSA) is 29.5 Å². The normalized spacial score (nSPS) is 15.1. The summed E-state index contributed by atoms with van der Waals surface area (Å²) >= 11 is 1.57. The Bertz CT molecular complexity index is 535. The van der Waals surface area contributed by atoms with Crippen molar-refractivity contribution in [3.63, 3.8) is 0 Å². The molecule has 1 aromatic heterocycles. The predicted molar refractivity (Wildman–Crippen MR) is 68.4 cm³/mol. The zero-order valence-corrected chi connectivity index (χ0v) is 9.94. The monoisotopic (exact) mass is 245 g/mol. The van der Waals surface area contributed by atoms with Gasteiger partial charge in [-0.1, -0.05) is 30.3 Å². The molecule has 3 rings (SSSR count). The first-order valence-electron chi connectivity index (χ1n) is 5.43. The Labute approximate surface area is 103 Å². The van der Waals surface area contributed by atoms with Gasteiger partial charge in [0.15, 0.2) is 0 Å². The third kappa shape index (κ3) is 1.91. The van der Waals surface area contributed by atoms with Gasteiger partial charge in [-0.3, -0.25) is 4.90 Å². The van der Waals surface area contributed by atoms with Gasteiger partial charge in [0, 0.05) is 5.38 Å². The number of cyclic esters (lactones) is 1. The van der Waals surface area contributed by atoms with Crippen molar-refractivity contribution >= 4 is 22.4 Å². The van der Waals surface area contributed by atoms with Gasteiger partial charge in [0.1, 0.15) is 11.6 Å². The van der Waals surface area contributed by atoms with Gasteiger partial charge in [0.05, 0.1) is 6.54 Å². The molecule has 0 bridgehead atoms. The summed E-state index contributed by atoms with van der Waals surface area (Å²) in [5, 5.41) is 3.02. The number of hydrogen-bond acceptors (Lipinski definition) is 3. The summed E-state index contributed by atoms with van der Waals surface area (Å²) in [4.78, 5) is 13.1. The maximum absolute atomic E-state index is 11.4. The highest BCUT2D eigenvalue weighted by Crippen LogP contribution is 2.32. The number of rotatable bonds is 2. The minimum atomic E-state index is -0.244. The Morgan fingerprint density at radius 1 is 1.18 bits per heavy atom. The summed E-state index contributed by atoms with van der Waals surface area (Å²) in [5.41, 5.74) is 2.31. The molecule has 1 fully saturated rings. The number of hydrogen-bond donors (Lipinski definition) is 0. The van der Waals surface area contributed by atoms with E-state index in [1.54, 1.807) is 16.2 Å². The molecule has 2 aromatic rings. The van der Waals surface area contributed by atoms with Crippen molar-refractivity contribution in [1.29, 1.82) is 0 Å². The van der Waals surface area contributed by atoms with Crippen LogP contribution in [0.15, 0.2) is 41.8 Å². The summed E-state index contributed by atoms with van der Waals surface area (Å²) in [7, 11) is 0. The van der Waals surface area contributed by atoms with Crippen LogP contribution in [0.5, 0.6) is 0 Å². The van der Waals surface area contributed by atoms with Crippen LogP contribution in [0, 0.1) is 0 Å². The third-order valence-corrected chi connectivity index (χ3v) is 3.67. The van der Waals surface area contributed by atoms with Crippen LogP contribution < -0.4 is 4.90 Å². The van der Waals surface area contributed by atoms with E-state index in [9.17, 15) is 4.79 Å². The van der Waals surface area contributed by atoms with E-state index in [-0.39, 0.29) is 6.09 Å². The Morgan fingerprint density at radius 2 is 2.00 bits per heavy atom. The second-order valence-electron chi connectivity index (χ2n) is 3.81. The highest BCUT2D eigenvalue weighted by molar-refractivity contribution is 7.14. The van der Waals surface area contributed by atoms with Gasteiger partial charge in [-0.05, 0) is 17.2 Å². The molecule has 1 aromatic carbocycles. The molecule has 1 aliphatic heterocycles. The first kappa shape index (κ1) is 10.4. The number of amides is 1. The van der Waals surface area contributed by atoms with E-state index in [4.69, 9.17) is 4.74 Å². The third-order valence-electron chi connectivity index (χ3n) is 2.72. The van der Waals surface area contributed by atoms with Crippen LogP contribution in [0.1, 0.15) is 0 Å². The zero-order chi connectivity index (χ0) is 11.7. The zero-order valence-electron chi connectivity index (χ0n) is 9.13. The van der Waals surface area contributed by atoms with Crippen molar-refractivity contribution < 1.29 is 9.53 Å². The lowest BCUT2D eigenvalue weighted by Gasteiger charge is -2.08. The Balaban J connectivity index is 1.91. The minimum Gasteiger partial charge on any atom is -0.447 e. The molecule has 17 heavy (non-hydrogen) atoms. The summed E-state index contributed by atoms with van der Waals surface area (Å²) in [5.74, 6) is 0. The van der Waals surface area contributed by atoms with Gasteiger partial charge in [-0.25, -0.2) is 4.79 Å². The van der Waals surface area contributed by atoms with Crippen LogP contribution in [0.25, 0.3) is 11.1 Å². The van der Waals surface area contributed by atoms with E-state index in [1.165, 1.54) is 5.56 Å². The molecule has 2 heterocycles. The summed E-state index contributed by atoms with van der Waals surface area (Å²) in [6, 6.07) is 12.2. The molecule has 1 saturated heterocycles. The molecule has 3 nitrogen and oxygen atoms in total. The molecule has 0 aliphatic carbocycles. The van der Waals surface area contributed by atoms with E-state index in [0.29, 0.717) is 13.2 Å². The van der Waals surface area contributed by atoms with E-state index < -0.39 is 0 Å². The summed E-state index contributed by atoms with van der Waals surface area (Å²) in [6.07, 6.45) is -0.244. The Kier molecular flexibility index (Phi) is 2.57. The van der Waals surface area contributed by atoms with Crippen LogP contribution in [0.4, 0.5) is 9.80 Å². The number of nitrogens with zero attached hydrogens (tertiary/aromatic N) is 1. The van der Waals surface area contributed by atoms with E-state index in [0.717, 1.165) is 10.6 Å². The highest BCUT2D eigenvalue weighted by Gasteiger charge is 2.24. The van der Waals surface area contributed by atoms with E-state index in [2.05, 4.69) is 17.5 Å². The Hall–Kier alpha value is -1.81. The number of thiophene rings is 1. The lowest BCUT2D eigenvalue weighted by molar-refractivity contribution is 0.181. The number of carbonyl (C=O) groups is 1. The molecule has 0 radical (unpaired) electrons. The maximum Gasteiger partial charge on any atom is 0.415 e. The first-order valence-corrected chi connectivity index (χ1v) is 6.31. The SMILES string of the molecule is O=C1OCCN1c1cc(-c2ccccc2)cs1. The van der Waals surface area contributed by atoms with Crippen LogP contribution in [-0.4, -0.2) is 19.2 Å². The molecule has 0 atom stereocenters. The molecule has 86 valence electrons. The predicted octanol–water partition coefficient (Wildman–Crippen LogP) is 3.37. The lowest BCUT2D eigenvalue weighted by atomic mass is 10.1. The van der Waals surface area contributed by atoms with Gasteiger partial charge >= 0.3 is 6.09 Å². The standard InChI is InChI=1S/C13H11NO2S/c15-13-14(6-7-16-13)12-8-11(9-17-12)10-4-2-1-3-5-10/h1-5,8-9H,6-7H2. The fourth-order valence-electron chi connectivity index (χ4n) is 1.84. The number of carbonyl (C=O) groups excluding carboxylic acids is 1. The van der Waals surface area contributed by atoms with Crippen LogP contribution >= 0.6 is 11.3 Å². The van der Waals surface area contributed by atoms with Gasteiger partial charge < -0.3 is 4.74 Å². The van der Waals surface area contributed by atoms with Crippen molar-refractivity contribution in [3.8, 4) is 11.1 Å². The molecule has 0 N–H and O–H groups in total. The molecular formula is C13H11NO2S. The highest BCUT2D eigenvalue weighted by atomic mass is 32.1. The lowest BCUT2D eigenvalue weighted by Crippen LogP contribution is -2.21. The smallest absolute Gasteiger partial charge is 0.415 e. The number of benzene rings is 1.